The highest BCUT2D eigenvalue weighted by Crippen LogP contribution is 2.32. The summed E-state index contributed by atoms with van der Waals surface area (Å²) in [5, 5.41) is 3.40. The van der Waals surface area contributed by atoms with Gasteiger partial charge < -0.3 is 14.8 Å². The van der Waals surface area contributed by atoms with Crippen LogP contribution in [0.1, 0.15) is 36.4 Å². The van der Waals surface area contributed by atoms with Gasteiger partial charge in [-0.2, -0.15) is 0 Å². The quantitative estimate of drug-likeness (QED) is 0.890. The van der Waals surface area contributed by atoms with Crippen molar-refractivity contribution in [3.8, 4) is 5.75 Å². The lowest BCUT2D eigenvalue weighted by Gasteiger charge is -2.26. The number of nitrogens with one attached hydrogen (secondary N) is 1. The van der Waals surface area contributed by atoms with Gasteiger partial charge in [-0.15, -0.1) is 0 Å². The Labute approximate surface area is 108 Å². The third kappa shape index (κ3) is 2.38. The molecule has 2 unspecified atom stereocenters. The molecule has 1 N–H and O–H groups in total. The molecular weight excluding hydrogens is 226 g/mol. The molecule has 1 aliphatic heterocycles. The van der Waals surface area contributed by atoms with Gasteiger partial charge in [0.25, 0.3) is 0 Å². The first-order valence-corrected chi connectivity index (χ1v) is 6.91. The molecule has 0 saturated carbocycles. The first-order valence-electron chi connectivity index (χ1n) is 6.91. The van der Waals surface area contributed by atoms with Crippen LogP contribution in [0.2, 0.25) is 0 Å². The second kappa shape index (κ2) is 5.29. The minimum absolute atomic E-state index is 0.236. The fraction of sp³-hybridized carbons (Fsp3) is 0.600. The Morgan fingerprint density at radius 1 is 1.33 bits per heavy atom. The molecule has 3 nitrogen and oxygen atoms in total. The van der Waals surface area contributed by atoms with Gasteiger partial charge in [-0.05, 0) is 49.6 Å². The summed E-state index contributed by atoms with van der Waals surface area (Å²) in [5.41, 5.74) is 2.88. The van der Waals surface area contributed by atoms with Crippen molar-refractivity contribution in [3.63, 3.8) is 0 Å². The molecule has 0 spiro atoms. The summed E-state index contributed by atoms with van der Waals surface area (Å²) >= 11 is 0. The van der Waals surface area contributed by atoms with E-state index < -0.39 is 0 Å². The molecular formula is C15H21NO2. The van der Waals surface area contributed by atoms with Gasteiger partial charge in [-0.1, -0.05) is 6.07 Å². The number of rotatable bonds is 3. The van der Waals surface area contributed by atoms with E-state index in [0.717, 1.165) is 25.4 Å². The fourth-order valence-electron chi connectivity index (χ4n) is 2.95. The van der Waals surface area contributed by atoms with Crippen LogP contribution < -0.4 is 10.1 Å². The number of hydrogen-bond acceptors (Lipinski definition) is 3. The summed E-state index contributed by atoms with van der Waals surface area (Å²) in [5.74, 6) is 0.992. The average Bonchev–Trinajstić information content (AvgIpc) is 2.91. The molecule has 3 rings (SSSR count). The summed E-state index contributed by atoms with van der Waals surface area (Å²) < 4.78 is 11.3. The summed E-state index contributed by atoms with van der Waals surface area (Å²) in [6.07, 6.45) is 4.93. The van der Waals surface area contributed by atoms with E-state index in [9.17, 15) is 0 Å². The molecule has 1 aliphatic carbocycles. The monoisotopic (exact) mass is 247 g/mol. The maximum Gasteiger partial charge on any atom is 0.124 e. The van der Waals surface area contributed by atoms with Crippen LogP contribution in [0.15, 0.2) is 18.2 Å². The Morgan fingerprint density at radius 2 is 2.28 bits per heavy atom. The lowest BCUT2D eigenvalue weighted by Crippen LogP contribution is -2.22. The highest BCUT2D eigenvalue weighted by Gasteiger charge is 2.21. The molecule has 1 heterocycles. The Hall–Kier alpha value is -1.06. The van der Waals surface area contributed by atoms with Crippen molar-refractivity contribution in [1.29, 1.82) is 0 Å². The Kier molecular flexibility index (Phi) is 3.52. The first-order chi connectivity index (χ1) is 8.86. The molecule has 3 heteroatoms. The van der Waals surface area contributed by atoms with E-state index >= 15 is 0 Å². The molecule has 98 valence electrons. The number of ether oxygens (including phenoxy) is 2. The Bertz CT molecular complexity index is 413. The molecule has 1 fully saturated rings. The van der Waals surface area contributed by atoms with Crippen molar-refractivity contribution in [2.24, 2.45) is 0 Å². The molecule has 0 radical (unpaired) electrons. The molecule has 0 bridgehead atoms. The van der Waals surface area contributed by atoms with Gasteiger partial charge in [-0.3, -0.25) is 0 Å². The number of fused-ring (bicyclic) bond motifs is 1. The third-order valence-electron chi connectivity index (χ3n) is 3.97. The number of benzene rings is 1. The van der Waals surface area contributed by atoms with E-state index in [0.29, 0.717) is 6.04 Å². The van der Waals surface area contributed by atoms with Crippen LogP contribution in [0.5, 0.6) is 5.75 Å². The minimum atomic E-state index is 0.236. The summed E-state index contributed by atoms with van der Waals surface area (Å²) in [6.45, 7) is 1.56. The van der Waals surface area contributed by atoms with Gasteiger partial charge in [0.2, 0.25) is 0 Å². The summed E-state index contributed by atoms with van der Waals surface area (Å²) in [6, 6.07) is 7.03. The molecule has 0 amide bonds. The molecule has 2 aliphatic rings. The zero-order valence-electron chi connectivity index (χ0n) is 10.9. The summed E-state index contributed by atoms with van der Waals surface area (Å²) in [7, 11) is 2.04. The van der Waals surface area contributed by atoms with Gasteiger partial charge in [0, 0.05) is 12.5 Å². The topological polar surface area (TPSA) is 30.5 Å². The highest BCUT2D eigenvalue weighted by atomic mass is 16.5. The van der Waals surface area contributed by atoms with Gasteiger partial charge in [0.1, 0.15) is 11.9 Å². The zero-order chi connectivity index (χ0) is 12.4. The van der Waals surface area contributed by atoms with Crippen LogP contribution in [0, 0.1) is 0 Å². The zero-order valence-corrected chi connectivity index (χ0v) is 10.9. The van der Waals surface area contributed by atoms with E-state index in [1.165, 1.54) is 30.4 Å². The van der Waals surface area contributed by atoms with Gasteiger partial charge >= 0.3 is 0 Å². The lowest BCUT2D eigenvalue weighted by molar-refractivity contribution is 0.141. The third-order valence-corrected chi connectivity index (χ3v) is 3.97. The van der Waals surface area contributed by atoms with Crippen LogP contribution in [0.25, 0.3) is 0 Å². The van der Waals surface area contributed by atoms with E-state index in [1.54, 1.807) is 0 Å². The predicted octanol–water partition coefficient (Wildman–Crippen LogP) is 2.45. The molecule has 1 aromatic carbocycles. The Balaban J connectivity index is 1.79. The summed E-state index contributed by atoms with van der Waals surface area (Å²) in [4.78, 5) is 0. The van der Waals surface area contributed by atoms with E-state index in [1.807, 2.05) is 7.05 Å². The minimum Gasteiger partial charge on any atom is -0.488 e. The van der Waals surface area contributed by atoms with Crippen LogP contribution in [0.4, 0.5) is 0 Å². The largest absolute Gasteiger partial charge is 0.488 e. The van der Waals surface area contributed by atoms with Crippen LogP contribution >= 0.6 is 0 Å². The maximum atomic E-state index is 5.98. The highest BCUT2D eigenvalue weighted by molar-refractivity contribution is 5.39. The standard InChI is InChI=1S/C15H21NO2/c1-16-15-4-2-3-11-5-6-12(9-14(11)15)18-13-7-8-17-10-13/h5-6,9,13,15-16H,2-4,7-8,10H2,1H3. The molecule has 1 saturated heterocycles. The molecule has 1 aromatic rings. The van der Waals surface area contributed by atoms with Crippen LogP contribution in [-0.4, -0.2) is 26.4 Å². The Morgan fingerprint density at radius 3 is 3.06 bits per heavy atom. The second-order valence-electron chi connectivity index (χ2n) is 5.20. The molecule has 2 atom stereocenters. The van der Waals surface area contributed by atoms with Crippen molar-refractivity contribution in [2.45, 2.75) is 37.8 Å². The van der Waals surface area contributed by atoms with E-state index in [-0.39, 0.29) is 6.10 Å². The smallest absolute Gasteiger partial charge is 0.124 e. The predicted molar refractivity (Wildman–Crippen MR) is 71.0 cm³/mol. The molecule has 0 aromatic heterocycles. The van der Waals surface area contributed by atoms with Crippen molar-refractivity contribution in [3.05, 3.63) is 29.3 Å². The maximum absolute atomic E-state index is 5.98. The van der Waals surface area contributed by atoms with Crippen molar-refractivity contribution < 1.29 is 9.47 Å². The van der Waals surface area contributed by atoms with Gasteiger partial charge in [-0.25, -0.2) is 0 Å². The van der Waals surface area contributed by atoms with E-state index in [2.05, 4.69) is 23.5 Å². The number of aryl methyl sites for hydroxylation is 1. The lowest BCUT2D eigenvalue weighted by atomic mass is 9.87. The van der Waals surface area contributed by atoms with Crippen molar-refractivity contribution in [1.82, 2.24) is 5.32 Å². The first kappa shape index (κ1) is 12.0. The van der Waals surface area contributed by atoms with Crippen LogP contribution in [0.3, 0.4) is 0 Å². The normalized spacial score (nSPS) is 26.9. The number of hydrogen-bond donors (Lipinski definition) is 1. The SMILES string of the molecule is CNC1CCCc2ccc(OC3CCOC3)cc21. The van der Waals surface area contributed by atoms with Gasteiger partial charge in [0.05, 0.1) is 13.2 Å². The van der Waals surface area contributed by atoms with Gasteiger partial charge in [0.15, 0.2) is 0 Å². The van der Waals surface area contributed by atoms with Crippen molar-refractivity contribution in [2.75, 3.05) is 20.3 Å². The average molecular weight is 247 g/mol. The second-order valence-corrected chi connectivity index (χ2v) is 5.20. The van der Waals surface area contributed by atoms with E-state index in [4.69, 9.17) is 9.47 Å². The molecule has 18 heavy (non-hydrogen) atoms. The fourth-order valence-corrected chi connectivity index (χ4v) is 2.95. The van der Waals surface area contributed by atoms with Crippen LogP contribution in [-0.2, 0) is 11.2 Å². The van der Waals surface area contributed by atoms with Crippen molar-refractivity contribution >= 4 is 0 Å².